The van der Waals surface area contributed by atoms with Gasteiger partial charge in [0.25, 0.3) is 0 Å². The maximum absolute atomic E-state index is 12.3. The van der Waals surface area contributed by atoms with Crippen LogP contribution in [-0.4, -0.2) is 48.0 Å². The van der Waals surface area contributed by atoms with E-state index < -0.39 is 12.8 Å². The highest BCUT2D eigenvalue weighted by molar-refractivity contribution is 5.75. The number of rotatable bonds is 5. The average Bonchev–Trinajstić information content (AvgIpc) is 2.99. The van der Waals surface area contributed by atoms with Gasteiger partial charge in [-0.15, -0.1) is 0 Å². The van der Waals surface area contributed by atoms with Gasteiger partial charge >= 0.3 is 12.2 Å². The summed E-state index contributed by atoms with van der Waals surface area (Å²) < 4.78 is 41.9. The summed E-state index contributed by atoms with van der Waals surface area (Å²) in [5, 5.41) is 11.9. The fourth-order valence-corrected chi connectivity index (χ4v) is 2.67. The summed E-state index contributed by atoms with van der Waals surface area (Å²) in [6.45, 7) is 0.885. The number of benzene rings is 1. The molecular weight excluding hydrogens is 325 g/mol. The molecule has 0 radical (unpaired) electrons. The Morgan fingerprint density at radius 2 is 2.21 bits per heavy atom. The van der Waals surface area contributed by atoms with Gasteiger partial charge in [-0.2, -0.15) is 13.2 Å². The summed E-state index contributed by atoms with van der Waals surface area (Å²) in [5.41, 5.74) is 1.24. The summed E-state index contributed by atoms with van der Waals surface area (Å²) in [6, 6.07) is 4.35. The Hall–Kier alpha value is -1.96. The SMILES string of the molecule is Cc1ccc(CNC(=O)N2CCCC2CO)c(OCC(F)(F)F)c1. The Kier molecular flexibility index (Phi) is 5.93. The number of nitrogens with one attached hydrogen (secondary N) is 1. The molecule has 1 saturated heterocycles. The average molecular weight is 346 g/mol. The number of aryl methyl sites for hydroxylation is 1. The molecule has 1 aliphatic rings. The number of carbonyl (C=O) groups excluding carboxylic acids is 1. The molecule has 2 rings (SSSR count). The first-order valence-electron chi connectivity index (χ1n) is 7.74. The van der Waals surface area contributed by atoms with E-state index in [1.54, 1.807) is 24.0 Å². The third-order valence-corrected chi connectivity index (χ3v) is 3.89. The number of alkyl halides is 3. The molecule has 1 aromatic carbocycles. The smallest absolute Gasteiger partial charge is 0.422 e. The van der Waals surface area contributed by atoms with Crippen LogP contribution in [0.25, 0.3) is 0 Å². The predicted octanol–water partition coefficient (Wildman–Crippen LogP) is 2.60. The topological polar surface area (TPSA) is 61.8 Å². The highest BCUT2D eigenvalue weighted by Crippen LogP contribution is 2.24. The molecule has 1 fully saturated rings. The second kappa shape index (κ2) is 7.74. The molecule has 134 valence electrons. The van der Waals surface area contributed by atoms with Gasteiger partial charge in [0.15, 0.2) is 6.61 Å². The zero-order chi connectivity index (χ0) is 17.7. The second-order valence-corrected chi connectivity index (χ2v) is 5.85. The number of carbonyl (C=O) groups is 1. The van der Waals surface area contributed by atoms with E-state index >= 15 is 0 Å². The molecule has 1 aliphatic heterocycles. The van der Waals surface area contributed by atoms with Crippen LogP contribution in [0.3, 0.4) is 0 Å². The number of aliphatic hydroxyl groups excluding tert-OH is 1. The van der Waals surface area contributed by atoms with E-state index in [1.807, 2.05) is 0 Å². The molecule has 1 unspecified atom stereocenters. The van der Waals surface area contributed by atoms with Crippen LogP contribution < -0.4 is 10.1 Å². The van der Waals surface area contributed by atoms with Crippen molar-refractivity contribution >= 4 is 6.03 Å². The van der Waals surface area contributed by atoms with Crippen LogP contribution in [0.5, 0.6) is 5.75 Å². The van der Waals surface area contributed by atoms with Crippen molar-refractivity contribution in [3.63, 3.8) is 0 Å². The highest BCUT2D eigenvalue weighted by atomic mass is 19.4. The van der Waals surface area contributed by atoms with Crippen molar-refractivity contribution in [2.75, 3.05) is 19.8 Å². The molecule has 0 bridgehead atoms. The van der Waals surface area contributed by atoms with E-state index in [4.69, 9.17) is 4.74 Å². The van der Waals surface area contributed by atoms with E-state index in [0.29, 0.717) is 12.1 Å². The van der Waals surface area contributed by atoms with Gasteiger partial charge < -0.3 is 20.1 Å². The number of halogens is 3. The van der Waals surface area contributed by atoms with Crippen LogP contribution in [0.15, 0.2) is 18.2 Å². The zero-order valence-electron chi connectivity index (χ0n) is 13.4. The summed E-state index contributed by atoms with van der Waals surface area (Å²) in [7, 11) is 0. The van der Waals surface area contributed by atoms with Crippen molar-refractivity contribution in [1.82, 2.24) is 10.2 Å². The van der Waals surface area contributed by atoms with E-state index in [2.05, 4.69) is 5.32 Å². The Bertz CT molecular complexity index is 578. The Balaban J connectivity index is 2.00. The molecule has 24 heavy (non-hydrogen) atoms. The van der Waals surface area contributed by atoms with Gasteiger partial charge in [0, 0.05) is 18.7 Å². The van der Waals surface area contributed by atoms with E-state index in [1.165, 1.54) is 6.07 Å². The standard InChI is InChI=1S/C16H21F3N2O3/c1-11-4-5-12(14(7-11)24-10-16(17,18)19)8-20-15(23)21-6-2-3-13(21)9-22/h4-5,7,13,22H,2-3,6,8-10H2,1H3,(H,20,23). The second-order valence-electron chi connectivity index (χ2n) is 5.85. The highest BCUT2D eigenvalue weighted by Gasteiger charge is 2.29. The lowest BCUT2D eigenvalue weighted by Crippen LogP contribution is -2.43. The third-order valence-electron chi connectivity index (χ3n) is 3.89. The summed E-state index contributed by atoms with van der Waals surface area (Å²) in [4.78, 5) is 13.7. The molecular formula is C16H21F3N2O3. The first-order chi connectivity index (χ1) is 11.3. The van der Waals surface area contributed by atoms with Crippen molar-refractivity contribution in [3.05, 3.63) is 29.3 Å². The Labute approximate surface area is 138 Å². The van der Waals surface area contributed by atoms with Gasteiger partial charge in [-0.25, -0.2) is 4.79 Å². The quantitative estimate of drug-likeness (QED) is 0.862. The fraction of sp³-hybridized carbons (Fsp3) is 0.562. The number of nitrogens with zero attached hydrogens (tertiary/aromatic N) is 1. The van der Waals surface area contributed by atoms with Gasteiger partial charge in [-0.1, -0.05) is 12.1 Å². The first-order valence-corrected chi connectivity index (χ1v) is 7.74. The Morgan fingerprint density at radius 1 is 1.46 bits per heavy atom. The minimum atomic E-state index is -4.42. The van der Waals surface area contributed by atoms with Crippen molar-refractivity contribution in [1.29, 1.82) is 0 Å². The number of hydrogen-bond donors (Lipinski definition) is 2. The first kappa shape index (κ1) is 18.4. The van der Waals surface area contributed by atoms with Crippen LogP contribution in [0.2, 0.25) is 0 Å². The molecule has 8 heteroatoms. The van der Waals surface area contributed by atoms with Gasteiger partial charge in [0.05, 0.1) is 12.6 Å². The van der Waals surface area contributed by atoms with Gasteiger partial charge in [-0.3, -0.25) is 0 Å². The fourth-order valence-electron chi connectivity index (χ4n) is 2.67. The number of aliphatic hydroxyl groups is 1. The number of hydrogen-bond acceptors (Lipinski definition) is 3. The lowest BCUT2D eigenvalue weighted by molar-refractivity contribution is -0.153. The largest absolute Gasteiger partial charge is 0.484 e. The van der Waals surface area contributed by atoms with Crippen LogP contribution in [-0.2, 0) is 6.54 Å². The van der Waals surface area contributed by atoms with Crippen LogP contribution >= 0.6 is 0 Å². The van der Waals surface area contributed by atoms with E-state index in [0.717, 1.165) is 18.4 Å². The number of urea groups is 1. The maximum atomic E-state index is 12.3. The molecule has 2 N–H and O–H groups in total. The summed E-state index contributed by atoms with van der Waals surface area (Å²) >= 11 is 0. The number of likely N-dealkylation sites (tertiary alicyclic amines) is 1. The molecule has 1 heterocycles. The van der Waals surface area contributed by atoms with Crippen molar-refractivity contribution in [2.24, 2.45) is 0 Å². The van der Waals surface area contributed by atoms with Crippen molar-refractivity contribution in [3.8, 4) is 5.75 Å². The van der Waals surface area contributed by atoms with Crippen molar-refractivity contribution in [2.45, 2.75) is 38.5 Å². The predicted molar refractivity (Wildman–Crippen MR) is 81.8 cm³/mol. The molecule has 0 aliphatic carbocycles. The monoisotopic (exact) mass is 346 g/mol. The van der Waals surface area contributed by atoms with Crippen molar-refractivity contribution < 1.29 is 27.8 Å². The molecule has 0 aromatic heterocycles. The maximum Gasteiger partial charge on any atom is 0.422 e. The normalized spacial score (nSPS) is 17.9. The van der Waals surface area contributed by atoms with E-state index in [9.17, 15) is 23.1 Å². The molecule has 0 spiro atoms. The minimum Gasteiger partial charge on any atom is -0.484 e. The molecule has 5 nitrogen and oxygen atoms in total. The molecule has 2 amide bonds. The third kappa shape index (κ3) is 5.02. The zero-order valence-corrected chi connectivity index (χ0v) is 13.4. The van der Waals surface area contributed by atoms with Crippen LogP contribution in [0.1, 0.15) is 24.0 Å². The molecule has 1 atom stereocenters. The minimum absolute atomic E-state index is 0.0565. The van der Waals surface area contributed by atoms with Gasteiger partial charge in [0.1, 0.15) is 5.75 Å². The molecule has 0 saturated carbocycles. The lowest BCUT2D eigenvalue weighted by atomic mass is 10.1. The van der Waals surface area contributed by atoms with Crippen LogP contribution in [0.4, 0.5) is 18.0 Å². The Morgan fingerprint density at radius 3 is 2.88 bits per heavy atom. The number of ether oxygens (including phenoxy) is 1. The van der Waals surface area contributed by atoms with E-state index in [-0.39, 0.29) is 31.0 Å². The van der Waals surface area contributed by atoms with Crippen LogP contribution in [0, 0.1) is 6.92 Å². The van der Waals surface area contributed by atoms with Gasteiger partial charge in [-0.05, 0) is 31.4 Å². The summed E-state index contributed by atoms with van der Waals surface area (Å²) in [5.74, 6) is 0.104. The van der Waals surface area contributed by atoms with Gasteiger partial charge in [0.2, 0.25) is 0 Å². The lowest BCUT2D eigenvalue weighted by Gasteiger charge is -2.23. The molecule has 1 aromatic rings. The number of amides is 2. The summed E-state index contributed by atoms with van der Waals surface area (Å²) in [6.07, 6.45) is -2.86.